The number of carbonyl (C=O) groups is 2. The molecule has 1 aliphatic heterocycles. The largest absolute Gasteiger partial charge is 0.356 e. The molecule has 1 atom stereocenters. The molecule has 1 aliphatic carbocycles. The first-order valence-electron chi connectivity index (χ1n) is 10.4. The van der Waals surface area contributed by atoms with Gasteiger partial charge in [0.05, 0.1) is 12.0 Å². The van der Waals surface area contributed by atoms with Crippen LogP contribution in [-0.4, -0.2) is 28.6 Å². The summed E-state index contributed by atoms with van der Waals surface area (Å²) in [6.45, 7) is 0.878. The van der Waals surface area contributed by atoms with E-state index < -0.39 is 5.91 Å². The second kappa shape index (κ2) is 7.26. The molecule has 1 spiro atoms. The number of nitrogens with one attached hydrogen (secondary N) is 1. The lowest BCUT2D eigenvalue weighted by Crippen LogP contribution is -2.36. The quantitative estimate of drug-likeness (QED) is 0.518. The van der Waals surface area contributed by atoms with Gasteiger partial charge in [-0.15, -0.1) is 0 Å². The first kappa shape index (κ1) is 18.8. The zero-order chi connectivity index (χ0) is 20.7. The number of fused-ring (bicyclic) bond motifs is 2. The zero-order valence-corrected chi connectivity index (χ0v) is 16.7. The third-order valence-corrected chi connectivity index (χ3v) is 6.61. The summed E-state index contributed by atoms with van der Waals surface area (Å²) in [4.78, 5) is 25.1. The van der Waals surface area contributed by atoms with Gasteiger partial charge in [0.2, 0.25) is 5.91 Å². The maximum absolute atomic E-state index is 12.8. The maximum Gasteiger partial charge on any atom is 0.277 e. The maximum atomic E-state index is 12.8. The number of benzene rings is 3. The van der Waals surface area contributed by atoms with Crippen LogP contribution in [0.2, 0.25) is 0 Å². The molecule has 5 heteroatoms. The molecule has 30 heavy (non-hydrogen) atoms. The molecule has 1 saturated heterocycles. The van der Waals surface area contributed by atoms with Crippen molar-refractivity contribution in [2.45, 2.75) is 32.2 Å². The summed E-state index contributed by atoms with van der Waals surface area (Å²) in [5, 5.41) is 16.4. The molecule has 152 valence electrons. The highest BCUT2D eigenvalue weighted by Crippen LogP contribution is 2.41. The molecule has 5 rings (SSSR count). The molecule has 2 amide bonds. The van der Waals surface area contributed by atoms with Crippen molar-refractivity contribution in [2.75, 3.05) is 6.54 Å². The van der Waals surface area contributed by atoms with Crippen molar-refractivity contribution in [3.8, 4) is 0 Å². The monoisotopic (exact) mass is 400 g/mol. The highest BCUT2D eigenvalue weighted by Gasteiger charge is 2.44. The minimum absolute atomic E-state index is 0.129. The van der Waals surface area contributed by atoms with E-state index >= 15 is 0 Å². The zero-order valence-electron chi connectivity index (χ0n) is 16.7. The Kier molecular flexibility index (Phi) is 4.55. The van der Waals surface area contributed by atoms with Crippen LogP contribution in [0.4, 0.5) is 0 Å². The van der Waals surface area contributed by atoms with Gasteiger partial charge in [0.15, 0.2) is 0 Å². The van der Waals surface area contributed by atoms with Crippen molar-refractivity contribution in [3.63, 3.8) is 0 Å². The number of hydrogen-bond donors (Lipinski definition) is 2. The fourth-order valence-corrected chi connectivity index (χ4v) is 4.85. The lowest BCUT2D eigenvalue weighted by molar-refractivity contribution is -0.128. The Bertz CT molecular complexity index is 1160. The molecular formula is C25H24N2O3. The van der Waals surface area contributed by atoms with Gasteiger partial charge in [-0.25, -0.2) is 5.06 Å². The van der Waals surface area contributed by atoms with E-state index in [1.807, 2.05) is 54.6 Å². The molecule has 0 bridgehead atoms. The van der Waals surface area contributed by atoms with Crippen LogP contribution in [-0.2, 0) is 24.2 Å². The minimum Gasteiger partial charge on any atom is -0.356 e. The Labute approximate surface area is 175 Å². The van der Waals surface area contributed by atoms with Crippen LogP contribution < -0.4 is 5.32 Å². The van der Waals surface area contributed by atoms with Crippen LogP contribution in [0.5, 0.6) is 0 Å². The van der Waals surface area contributed by atoms with E-state index in [4.69, 9.17) is 0 Å². The molecule has 2 aliphatic rings. The van der Waals surface area contributed by atoms with Crippen LogP contribution in [0, 0.1) is 5.41 Å². The molecule has 0 aromatic heterocycles. The SMILES string of the molecule is O=C(c1ccc2c(c1)CC[C@@]1(CCNC1=O)C2)N(O)Cc1ccc2ccccc2c1. The molecule has 5 nitrogen and oxygen atoms in total. The van der Waals surface area contributed by atoms with Gasteiger partial charge in [-0.3, -0.25) is 14.8 Å². The van der Waals surface area contributed by atoms with Crippen LogP contribution in [0.3, 0.4) is 0 Å². The highest BCUT2D eigenvalue weighted by molar-refractivity contribution is 5.94. The number of nitrogens with zero attached hydrogens (tertiary/aromatic N) is 1. The van der Waals surface area contributed by atoms with Gasteiger partial charge in [0, 0.05) is 12.1 Å². The first-order chi connectivity index (χ1) is 14.5. The Morgan fingerprint density at radius 2 is 1.83 bits per heavy atom. The smallest absolute Gasteiger partial charge is 0.277 e. The van der Waals surface area contributed by atoms with Crippen molar-refractivity contribution in [1.82, 2.24) is 10.4 Å². The summed E-state index contributed by atoms with van der Waals surface area (Å²) in [5.41, 5.74) is 3.30. The first-order valence-corrected chi connectivity index (χ1v) is 10.4. The standard InChI is InChI=1S/C25H24N2O3/c28-23(27(30)16-17-5-6-18-3-1-2-4-19(18)13-17)21-7-8-22-15-25(10-9-20(22)14-21)11-12-26-24(25)29/h1-8,13-14,30H,9-12,15-16H2,(H,26,29)/t25-/m1/s1. The van der Waals surface area contributed by atoms with E-state index in [1.165, 1.54) is 0 Å². The Hall–Kier alpha value is -3.18. The van der Waals surface area contributed by atoms with Crippen LogP contribution >= 0.6 is 0 Å². The highest BCUT2D eigenvalue weighted by atomic mass is 16.5. The molecular weight excluding hydrogens is 376 g/mol. The van der Waals surface area contributed by atoms with Gasteiger partial charge in [0.25, 0.3) is 5.91 Å². The molecule has 2 N–H and O–H groups in total. The molecule has 3 aromatic rings. The topological polar surface area (TPSA) is 69.6 Å². The van der Waals surface area contributed by atoms with Crippen LogP contribution in [0.1, 0.15) is 39.9 Å². The number of hydroxylamine groups is 2. The van der Waals surface area contributed by atoms with Crippen molar-refractivity contribution in [1.29, 1.82) is 0 Å². The predicted molar refractivity (Wildman–Crippen MR) is 114 cm³/mol. The summed E-state index contributed by atoms with van der Waals surface area (Å²) in [6, 6.07) is 19.5. The van der Waals surface area contributed by atoms with E-state index in [0.29, 0.717) is 5.56 Å². The summed E-state index contributed by atoms with van der Waals surface area (Å²) >= 11 is 0. The molecule has 0 unspecified atom stereocenters. The molecule has 1 fully saturated rings. The van der Waals surface area contributed by atoms with E-state index in [1.54, 1.807) is 6.07 Å². The normalized spacial score (nSPS) is 20.2. The van der Waals surface area contributed by atoms with Crippen molar-refractivity contribution < 1.29 is 14.8 Å². The second-order valence-electron chi connectivity index (χ2n) is 8.49. The third kappa shape index (κ3) is 3.25. The lowest BCUT2D eigenvalue weighted by Gasteiger charge is -2.32. The second-order valence-corrected chi connectivity index (χ2v) is 8.49. The van der Waals surface area contributed by atoms with Gasteiger partial charge < -0.3 is 5.32 Å². The fourth-order valence-electron chi connectivity index (χ4n) is 4.85. The number of rotatable bonds is 3. The number of aryl methyl sites for hydroxylation is 1. The van der Waals surface area contributed by atoms with Gasteiger partial charge >= 0.3 is 0 Å². The lowest BCUT2D eigenvalue weighted by atomic mass is 9.70. The van der Waals surface area contributed by atoms with Crippen LogP contribution in [0.15, 0.2) is 60.7 Å². The van der Waals surface area contributed by atoms with Crippen molar-refractivity contribution in [2.24, 2.45) is 5.41 Å². The molecule has 1 heterocycles. The average Bonchev–Trinajstić information content (AvgIpc) is 3.12. The molecule has 3 aromatic carbocycles. The number of amides is 2. The fraction of sp³-hybridized carbons (Fsp3) is 0.280. The van der Waals surface area contributed by atoms with Gasteiger partial charge in [-0.05, 0) is 71.3 Å². The summed E-state index contributed by atoms with van der Waals surface area (Å²) in [6.07, 6.45) is 3.19. The van der Waals surface area contributed by atoms with E-state index in [9.17, 15) is 14.8 Å². The third-order valence-electron chi connectivity index (χ3n) is 6.61. The Morgan fingerprint density at radius 3 is 2.63 bits per heavy atom. The Balaban J connectivity index is 1.33. The minimum atomic E-state index is -0.412. The van der Waals surface area contributed by atoms with Gasteiger partial charge in [-0.2, -0.15) is 0 Å². The van der Waals surface area contributed by atoms with E-state index in [2.05, 4.69) is 5.32 Å². The van der Waals surface area contributed by atoms with E-state index in [0.717, 1.165) is 64.8 Å². The Morgan fingerprint density at radius 1 is 1.00 bits per heavy atom. The summed E-state index contributed by atoms with van der Waals surface area (Å²) in [5.74, 6) is -0.255. The average molecular weight is 400 g/mol. The number of hydrogen-bond acceptors (Lipinski definition) is 3. The molecule has 0 saturated carbocycles. The number of carbonyl (C=O) groups excluding carboxylic acids is 2. The predicted octanol–water partition coefficient (Wildman–Crippen LogP) is 3.87. The summed E-state index contributed by atoms with van der Waals surface area (Å²) in [7, 11) is 0. The van der Waals surface area contributed by atoms with Crippen molar-refractivity contribution in [3.05, 3.63) is 82.9 Å². The van der Waals surface area contributed by atoms with Gasteiger partial charge in [-0.1, -0.05) is 42.5 Å². The molecule has 0 radical (unpaired) electrons. The van der Waals surface area contributed by atoms with Crippen LogP contribution in [0.25, 0.3) is 10.8 Å². The van der Waals surface area contributed by atoms with E-state index in [-0.39, 0.29) is 17.9 Å². The van der Waals surface area contributed by atoms with Gasteiger partial charge in [0.1, 0.15) is 0 Å². The summed E-state index contributed by atoms with van der Waals surface area (Å²) < 4.78 is 0. The van der Waals surface area contributed by atoms with Crippen molar-refractivity contribution >= 4 is 22.6 Å².